The lowest BCUT2D eigenvalue weighted by Gasteiger charge is -2.28. The van der Waals surface area contributed by atoms with Crippen molar-refractivity contribution in [2.45, 2.75) is 26.7 Å². The van der Waals surface area contributed by atoms with E-state index in [0.717, 1.165) is 11.3 Å². The molecule has 100 valence electrons. The first kappa shape index (κ1) is 13.5. The first-order chi connectivity index (χ1) is 8.91. The van der Waals surface area contributed by atoms with Gasteiger partial charge in [-0.1, -0.05) is 26.0 Å². The molecule has 1 saturated carbocycles. The zero-order chi connectivity index (χ0) is 14.0. The van der Waals surface area contributed by atoms with Crippen LogP contribution in [0.4, 0.5) is 0 Å². The largest absolute Gasteiger partial charge is 0.497 e. The number of carbonyl (C=O) groups excluding carboxylic acids is 2. The minimum Gasteiger partial charge on any atom is -0.497 e. The van der Waals surface area contributed by atoms with E-state index in [-0.39, 0.29) is 17.0 Å². The van der Waals surface area contributed by atoms with Crippen LogP contribution in [0.3, 0.4) is 0 Å². The smallest absolute Gasteiger partial charge is 0.167 e. The Kier molecular flexibility index (Phi) is 3.56. The Bertz CT molecular complexity index is 514. The summed E-state index contributed by atoms with van der Waals surface area (Å²) in [5.74, 6) is 0.638. The molecule has 0 spiro atoms. The van der Waals surface area contributed by atoms with E-state index < -0.39 is 0 Å². The van der Waals surface area contributed by atoms with Crippen molar-refractivity contribution in [3.05, 3.63) is 35.4 Å². The summed E-state index contributed by atoms with van der Waals surface area (Å²) in [5.41, 5.74) is 0.951. The standard InChI is InChI=1S/C16H18O3/c1-16(2)9-14(17)13(15(18)10-16)8-11-4-6-12(19-3)7-5-11/h4-8H,9-10H2,1-3H3. The van der Waals surface area contributed by atoms with Crippen molar-refractivity contribution in [3.63, 3.8) is 0 Å². The second-order valence-electron chi connectivity index (χ2n) is 5.70. The maximum atomic E-state index is 12.0. The summed E-state index contributed by atoms with van der Waals surface area (Å²) in [4.78, 5) is 24.1. The Balaban J connectivity index is 2.27. The van der Waals surface area contributed by atoms with Crippen molar-refractivity contribution in [1.29, 1.82) is 0 Å². The van der Waals surface area contributed by atoms with Crippen LogP contribution in [-0.2, 0) is 9.59 Å². The van der Waals surface area contributed by atoms with Crippen LogP contribution in [-0.4, -0.2) is 18.7 Å². The molecule has 0 saturated heterocycles. The van der Waals surface area contributed by atoms with E-state index in [9.17, 15) is 9.59 Å². The number of benzene rings is 1. The summed E-state index contributed by atoms with van der Waals surface area (Å²) in [6.45, 7) is 3.90. The molecule has 1 aliphatic rings. The van der Waals surface area contributed by atoms with E-state index in [2.05, 4.69) is 0 Å². The molecular weight excluding hydrogens is 240 g/mol. The van der Waals surface area contributed by atoms with E-state index in [4.69, 9.17) is 4.74 Å². The predicted molar refractivity (Wildman–Crippen MR) is 74.0 cm³/mol. The van der Waals surface area contributed by atoms with Gasteiger partial charge in [-0.05, 0) is 29.2 Å². The van der Waals surface area contributed by atoms with Crippen molar-refractivity contribution in [1.82, 2.24) is 0 Å². The first-order valence-corrected chi connectivity index (χ1v) is 6.33. The van der Waals surface area contributed by atoms with E-state index in [1.54, 1.807) is 13.2 Å². The highest BCUT2D eigenvalue weighted by atomic mass is 16.5. The van der Waals surface area contributed by atoms with Gasteiger partial charge in [0.2, 0.25) is 0 Å². The van der Waals surface area contributed by atoms with Gasteiger partial charge in [0.25, 0.3) is 0 Å². The highest BCUT2D eigenvalue weighted by Gasteiger charge is 2.35. The SMILES string of the molecule is COc1ccc(C=C2C(=O)CC(C)(C)CC2=O)cc1. The van der Waals surface area contributed by atoms with Gasteiger partial charge in [-0.25, -0.2) is 0 Å². The summed E-state index contributed by atoms with van der Waals surface area (Å²) >= 11 is 0. The fourth-order valence-corrected chi connectivity index (χ4v) is 2.31. The maximum Gasteiger partial charge on any atom is 0.167 e. The Hall–Kier alpha value is -1.90. The van der Waals surface area contributed by atoms with E-state index in [1.807, 2.05) is 38.1 Å². The van der Waals surface area contributed by atoms with Crippen LogP contribution in [0.5, 0.6) is 5.75 Å². The molecule has 2 rings (SSSR count). The van der Waals surface area contributed by atoms with E-state index in [0.29, 0.717) is 18.4 Å². The highest BCUT2D eigenvalue weighted by Crippen LogP contribution is 2.34. The number of hydrogen-bond acceptors (Lipinski definition) is 3. The van der Waals surface area contributed by atoms with E-state index >= 15 is 0 Å². The summed E-state index contributed by atoms with van der Waals surface area (Å²) < 4.78 is 5.07. The van der Waals surface area contributed by atoms with Gasteiger partial charge in [-0.2, -0.15) is 0 Å². The van der Waals surface area contributed by atoms with Gasteiger partial charge in [0.05, 0.1) is 12.7 Å². The second kappa shape index (κ2) is 5.00. The number of allylic oxidation sites excluding steroid dienone is 1. The van der Waals surface area contributed by atoms with Crippen LogP contribution in [0.15, 0.2) is 29.8 Å². The number of Topliss-reactive ketones (excluding diaryl/α,β-unsaturated/α-hetero) is 2. The average molecular weight is 258 g/mol. The van der Waals surface area contributed by atoms with Crippen molar-refractivity contribution in [2.75, 3.05) is 7.11 Å². The Morgan fingerprint density at radius 3 is 2.05 bits per heavy atom. The van der Waals surface area contributed by atoms with Crippen LogP contribution in [0, 0.1) is 5.41 Å². The molecule has 0 atom stereocenters. The van der Waals surface area contributed by atoms with Crippen LogP contribution >= 0.6 is 0 Å². The average Bonchev–Trinajstić information content (AvgIpc) is 2.33. The molecule has 0 aromatic heterocycles. The first-order valence-electron chi connectivity index (χ1n) is 6.33. The fraction of sp³-hybridized carbons (Fsp3) is 0.375. The third kappa shape index (κ3) is 3.11. The summed E-state index contributed by atoms with van der Waals surface area (Å²) in [6.07, 6.45) is 2.54. The lowest BCUT2D eigenvalue weighted by molar-refractivity contribution is -0.127. The molecule has 0 heterocycles. The monoisotopic (exact) mass is 258 g/mol. The second-order valence-corrected chi connectivity index (χ2v) is 5.70. The minimum absolute atomic E-state index is 0.0583. The summed E-state index contributed by atoms with van der Waals surface area (Å²) in [5, 5.41) is 0. The zero-order valence-electron chi connectivity index (χ0n) is 11.5. The molecule has 3 heteroatoms. The summed E-state index contributed by atoms with van der Waals surface area (Å²) in [6, 6.07) is 7.31. The van der Waals surface area contributed by atoms with Gasteiger partial charge in [0.15, 0.2) is 11.6 Å². The van der Waals surface area contributed by atoms with Crippen LogP contribution in [0.1, 0.15) is 32.3 Å². The third-order valence-corrected chi connectivity index (χ3v) is 3.31. The predicted octanol–water partition coefficient (Wildman–Crippen LogP) is 3.04. The minimum atomic E-state index is -0.217. The zero-order valence-corrected chi connectivity index (χ0v) is 11.5. The van der Waals surface area contributed by atoms with Gasteiger partial charge < -0.3 is 4.74 Å². The third-order valence-electron chi connectivity index (χ3n) is 3.31. The molecular formula is C16H18O3. The quantitative estimate of drug-likeness (QED) is 0.605. The molecule has 0 radical (unpaired) electrons. The Morgan fingerprint density at radius 2 is 1.58 bits per heavy atom. The Morgan fingerprint density at radius 1 is 1.05 bits per heavy atom. The molecule has 0 unspecified atom stereocenters. The van der Waals surface area contributed by atoms with Crippen molar-refractivity contribution in [3.8, 4) is 5.75 Å². The molecule has 0 amide bonds. The molecule has 0 N–H and O–H groups in total. The molecule has 3 nitrogen and oxygen atoms in total. The molecule has 1 aromatic carbocycles. The van der Waals surface area contributed by atoms with Gasteiger partial charge in [-0.15, -0.1) is 0 Å². The van der Waals surface area contributed by atoms with Crippen molar-refractivity contribution >= 4 is 17.6 Å². The normalized spacial score (nSPS) is 18.4. The maximum absolute atomic E-state index is 12.0. The molecule has 0 bridgehead atoms. The highest BCUT2D eigenvalue weighted by molar-refractivity contribution is 6.25. The number of rotatable bonds is 2. The van der Waals surface area contributed by atoms with Gasteiger partial charge in [0.1, 0.15) is 5.75 Å². The fourth-order valence-electron chi connectivity index (χ4n) is 2.31. The van der Waals surface area contributed by atoms with E-state index in [1.165, 1.54) is 0 Å². The number of ether oxygens (including phenoxy) is 1. The number of methoxy groups -OCH3 is 1. The number of hydrogen-bond donors (Lipinski definition) is 0. The molecule has 0 aliphatic heterocycles. The lowest BCUT2D eigenvalue weighted by Crippen LogP contribution is -2.31. The lowest BCUT2D eigenvalue weighted by atomic mass is 9.74. The number of ketones is 2. The van der Waals surface area contributed by atoms with Crippen LogP contribution < -0.4 is 4.74 Å². The van der Waals surface area contributed by atoms with Crippen LogP contribution in [0.25, 0.3) is 6.08 Å². The Labute approximate surface area is 113 Å². The topological polar surface area (TPSA) is 43.4 Å². The van der Waals surface area contributed by atoms with Gasteiger partial charge in [-0.3, -0.25) is 9.59 Å². The molecule has 19 heavy (non-hydrogen) atoms. The van der Waals surface area contributed by atoms with Crippen molar-refractivity contribution < 1.29 is 14.3 Å². The molecule has 1 aliphatic carbocycles. The van der Waals surface area contributed by atoms with Gasteiger partial charge in [0, 0.05) is 12.8 Å². The van der Waals surface area contributed by atoms with Crippen LogP contribution in [0.2, 0.25) is 0 Å². The van der Waals surface area contributed by atoms with Gasteiger partial charge >= 0.3 is 0 Å². The molecule has 1 fully saturated rings. The molecule has 1 aromatic rings. The van der Waals surface area contributed by atoms with Crippen molar-refractivity contribution in [2.24, 2.45) is 5.41 Å². The number of carbonyl (C=O) groups is 2. The summed E-state index contributed by atoms with van der Waals surface area (Å²) in [7, 11) is 1.60.